The Morgan fingerprint density at radius 3 is 2.41 bits per heavy atom. The van der Waals surface area contributed by atoms with E-state index in [2.05, 4.69) is 5.32 Å². The van der Waals surface area contributed by atoms with E-state index in [9.17, 15) is 17.6 Å². The summed E-state index contributed by atoms with van der Waals surface area (Å²) in [6.45, 7) is 0. The summed E-state index contributed by atoms with van der Waals surface area (Å²) in [4.78, 5) is 12.6. The van der Waals surface area contributed by atoms with E-state index >= 15 is 0 Å². The minimum atomic E-state index is -3.78. The monoisotopic (exact) mass is 430 g/mol. The Labute approximate surface area is 173 Å². The van der Waals surface area contributed by atoms with Crippen LogP contribution in [-0.2, 0) is 14.8 Å². The number of rotatable bonds is 7. The van der Waals surface area contributed by atoms with Gasteiger partial charge in [-0.25, -0.2) is 12.8 Å². The summed E-state index contributed by atoms with van der Waals surface area (Å²) in [6.07, 6.45) is 0. The Balaban J connectivity index is 1.70. The molecule has 0 bridgehead atoms. The molecule has 0 aliphatic heterocycles. The first-order valence-electron chi connectivity index (χ1n) is 8.69. The van der Waals surface area contributed by atoms with Gasteiger partial charge in [-0.05, 0) is 42.5 Å². The zero-order valence-corrected chi connectivity index (χ0v) is 17.2. The van der Waals surface area contributed by atoms with Gasteiger partial charge in [0.1, 0.15) is 5.82 Å². The molecule has 0 atom stereocenters. The average molecular weight is 431 g/mol. The Kier molecular flexibility index (Phi) is 6.56. The standard InChI is InChI=1S/C21H19FN2O3S2/c1-24(17-9-3-2-4-10-17)29(26,27)18-11-7-8-16(14-18)23-21(25)15-28-20-13-6-5-12-19(20)22/h2-14H,15H2,1H3,(H,23,25). The van der Waals surface area contributed by atoms with Crippen molar-refractivity contribution in [2.75, 3.05) is 22.4 Å². The minimum Gasteiger partial charge on any atom is -0.325 e. The van der Waals surface area contributed by atoms with Gasteiger partial charge in [-0.1, -0.05) is 36.4 Å². The second kappa shape index (κ2) is 9.11. The molecule has 0 aromatic heterocycles. The summed E-state index contributed by atoms with van der Waals surface area (Å²) in [5.74, 6) is -0.742. The lowest BCUT2D eigenvalue weighted by atomic mass is 10.3. The number of carbonyl (C=O) groups excluding carboxylic acids is 1. The number of carbonyl (C=O) groups is 1. The average Bonchev–Trinajstić information content (AvgIpc) is 2.73. The van der Waals surface area contributed by atoms with Crippen molar-refractivity contribution in [3.8, 4) is 0 Å². The molecular weight excluding hydrogens is 411 g/mol. The van der Waals surface area contributed by atoms with Crippen LogP contribution in [0, 0.1) is 5.82 Å². The first-order chi connectivity index (χ1) is 13.9. The number of thioether (sulfide) groups is 1. The van der Waals surface area contributed by atoms with Crippen molar-refractivity contribution in [3.05, 3.63) is 84.7 Å². The maximum absolute atomic E-state index is 13.6. The van der Waals surface area contributed by atoms with Gasteiger partial charge < -0.3 is 5.32 Å². The number of hydrogen-bond donors (Lipinski definition) is 1. The molecule has 0 saturated carbocycles. The van der Waals surface area contributed by atoms with Gasteiger partial charge in [0.05, 0.1) is 16.3 Å². The molecule has 0 unspecified atom stereocenters. The summed E-state index contributed by atoms with van der Waals surface area (Å²) >= 11 is 1.07. The molecule has 0 aliphatic rings. The fourth-order valence-corrected chi connectivity index (χ4v) is 4.55. The maximum Gasteiger partial charge on any atom is 0.264 e. The Morgan fingerprint density at radius 2 is 1.69 bits per heavy atom. The third-order valence-corrected chi connectivity index (χ3v) is 6.92. The summed E-state index contributed by atoms with van der Waals surface area (Å²) in [7, 11) is -2.31. The topological polar surface area (TPSA) is 66.5 Å². The highest BCUT2D eigenvalue weighted by atomic mass is 32.2. The normalized spacial score (nSPS) is 11.1. The minimum absolute atomic E-state index is 0.00181. The molecular formula is C21H19FN2O3S2. The van der Waals surface area contributed by atoms with Crippen molar-refractivity contribution >= 4 is 39.1 Å². The van der Waals surface area contributed by atoms with Crippen LogP contribution < -0.4 is 9.62 Å². The van der Waals surface area contributed by atoms with Crippen LogP contribution in [0.2, 0.25) is 0 Å². The van der Waals surface area contributed by atoms with Gasteiger partial charge in [0.2, 0.25) is 5.91 Å². The predicted octanol–water partition coefficient (Wildman–Crippen LogP) is 4.38. The number of anilines is 2. The zero-order valence-electron chi connectivity index (χ0n) is 15.6. The molecule has 3 aromatic rings. The first-order valence-corrected chi connectivity index (χ1v) is 11.1. The lowest BCUT2D eigenvalue weighted by Crippen LogP contribution is -2.26. The summed E-state index contributed by atoms with van der Waals surface area (Å²) < 4.78 is 40.6. The fraction of sp³-hybridized carbons (Fsp3) is 0.0952. The second-order valence-corrected chi connectivity index (χ2v) is 9.09. The Morgan fingerprint density at radius 1 is 1.00 bits per heavy atom. The smallest absolute Gasteiger partial charge is 0.264 e. The summed E-state index contributed by atoms with van der Waals surface area (Å²) in [5.41, 5.74) is 0.884. The molecule has 1 N–H and O–H groups in total. The highest BCUT2D eigenvalue weighted by Crippen LogP contribution is 2.24. The molecule has 3 rings (SSSR count). The van der Waals surface area contributed by atoms with Gasteiger partial charge in [-0.2, -0.15) is 0 Å². The van der Waals surface area contributed by atoms with Crippen molar-refractivity contribution in [1.29, 1.82) is 0 Å². The van der Waals surface area contributed by atoms with Gasteiger partial charge in [0.25, 0.3) is 10.0 Å². The van der Waals surface area contributed by atoms with E-state index in [1.54, 1.807) is 60.7 Å². The van der Waals surface area contributed by atoms with Crippen molar-refractivity contribution < 1.29 is 17.6 Å². The largest absolute Gasteiger partial charge is 0.325 e. The highest BCUT2D eigenvalue weighted by molar-refractivity contribution is 8.00. The number of amides is 1. The zero-order chi connectivity index (χ0) is 20.9. The molecule has 0 radical (unpaired) electrons. The fourth-order valence-electron chi connectivity index (χ4n) is 2.57. The van der Waals surface area contributed by atoms with Gasteiger partial charge in [-0.15, -0.1) is 11.8 Å². The van der Waals surface area contributed by atoms with Crippen LogP contribution >= 0.6 is 11.8 Å². The number of sulfonamides is 1. The van der Waals surface area contributed by atoms with Crippen LogP contribution in [0.5, 0.6) is 0 Å². The maximum atomic E-state index is 13.6. The number of nitrogens with zero attached hydrogens (tertiary/aromatic N) is 1. The third-order valence-electron chi connectivity index (χ3n) is 4.09. The number of benzene rings is 3. The van der Waals surface area contributed by atoms with Gasteiger partial charge in [-0.3, -0.25) is 9.10 Å². The Bertz CT molecular complexity index is 1110. The lowest BCUT2D eigenvalue weighted by Gasteiger charge is -2.19. The van der Waals surface area contributed by atoms with Crippen LogP contribution in [0.25, 0.3) is 0 Å². The van der Waals surface area contributed by atoms with E-state index in [1.165, 1.54) is 29.6 Å². The van der Waals surface area contributed by atoms with Crippen molar-refractivity contribution in [2.45, 2.75) is 9.79 Å². The molecule has 1 amide bonds. The van der Waals surface area contributed by atoms with Gasteiger partial charge >= 0.3 is 0 Å². The van der Waals surface area contributed by atoms with Crippen LogP contribution in [-0.4, -0.2) is 27.1 Å². The van der Waals surface area contributed by atoms with E-state index < -0.39 is 10.0 Å². The predicted molar refractivity (Wildman–Crippen MR) is 114 cm³/mol. The SMILES string of the molecule is CN(c1ccccc1)S(=O)(=O)c1cccc(NC(=O)CSc2ccccc2F)c1. The van der Waals surface area contributed by atoms with Crippen LogP contribution in [0.15, 0.2) is 88.7 Å². The van der Waals surface area contributed by atoms with Gasteiger partial charge in [0.15, 0.2) is 0 Å². The molecule has 29 heavy (non-hydrogen) atoms. The van der Waals surface area contributed by atoms with Crippen molar-refractivity contribution in [3.63, 3.8) is 0 Å². The lowest BCUT2D eigenvalue weighted by molar-refractivity contribution is -0.113. The molecule has 150 valence electrons. The Hall–Kier alpha value is -2.84. The number of para-hydroxylation sites is 1. The van der Waals surface area contributed by atoms with E-state index in [0.717, 1.165) is 11.8 Å². The van der Waals surface area contributed by atoms with Crippen LogP contribution in [0.1, 0.15) is 0 Å². The summed E-state index contributed by atoms with van der Waals surface area (Å²) in [6, 6.07) is 21.0. The summed E-state index contributed by atoms with van der Waals surface area (Å²) in [5, 5.41) is 2.66. The molecule has 0 fully saturated rings. The molecule has 0 spiro atoms. The van der Waals surface area contributed by atoms with E-state index in [1.807, 2.05) is 0 Å². The van der Waals surface area contributed by atoms with Crippen molar-refractivity contribution in [2.24, 2.45) is 0 Å². The first kappa shape index (κ1) is 20.9. The molecule has 8 heteroatoms. The third kappa shape index (κ3) is 5.16. The quantitative estimate of drug-likeness (QED) is 0.565. The molecule has 0 aliphatic carbocycles. The second-order valence-electron chi connectivity index (χ2n) is 6.10. The molecule has 0 heterocycles. The van der Waals surface area contributed by atoms with E-state index in [-0.39, 0.29) is 22.4 Å². The van der Waals surface area contributed by atoms with E-state index in [0.29, 0.717) is 16.3 Å². The number of hydrogen-bond acceptors (Lipinski definition) is 4. The highest BCUT2D eigenvalue weighted by Gasteiger charge is 2.21. The molecule has 5 nitrogen and oxygen atoms in total. The van der Waals surface area contributed by atoms with Gasteiger partial charge in [0, 0.05) is 17.6 Å². The van der Waals surface area contributed by atoms with Crippen LogP contribution in [0.3, 0.4) is 0 Å². The van der Waals surface area contributed by atoms with E-state index in [4.69, 9.17) is 0 Å². The molecule has 3 aromatic carbocycles. The number of nitrogens with one attached hydrogen (secondary N) is 1. The van der Waals surface area contributed by atoms with Crippen LogP contribution in [0.4, 0.5) is 15.8 Å². The van der Waals surface area contributed by atoms with Crippen molar-refractivity contribution in [1.82, 2.24) is 0 Å². The number of halogens is 1. The molecule has 0 saturated heterocycles.